The summed E-state index contributed by atoms with van der Waals surface area (Å²) in [5, 5.41) is 29.3. The van der Waals surface area contributed by atoms with Gasteiger partial charge in [0, 0.05) is 49.5 Å². The molecule has 0 saturated carbocycles. The maximum absolute atomic E-state index is 13.7. The molecule has 2 aromatic rings. The molecular weight excluding hydrogens is 816 g/mol. The van der Waals surface area contributed by atoms with E-state index in [9.17, 15) is 47.9 Å². The number of carbonyl (C=O) groups is 10. The van der Waals surface area contributed by atoms with Crippen molar-refractivity contribution >= 4 is 59.1 Å². The molecule has 0 aliphatic carbocycles. The van der Waals surface area contributed by atoms with Crippen LogP contribution in [0, 0.1) is 5.92 Å². The fourth-order valence-corrected chi connectivity index (χ4v) is 6.25. The molecule has 1 aliphatic heterocycles. The summed E-state index contributed by atoms with van der Waals surface area (Å²) in [6.07, 6.45) is 5.69. The lowest BCUT2D eigenvalue weighted by Crippen LogP contribution is -2.59. The highest BCUT2D eigenvalue weighted by atomic mass is 16.4. The van der Waals surface area contributed by atoms with Crippen LogP contribution in [0.4, 0.5) is 0 Å². The Kier molecular flexibility index (Phi) is 19.9. The topological polar surface area (TPSA) is 397 Å². The number of H-pyrrole nitrogens is 2. The molecule has 340 valence electrons. The molecule has 0 aromatic carbocycles. The minimum absolute atomic E-state index is 0.0312. The molecular formula is C37H56N14O11. The van der Waals surface area contributed by atoms with Gasteiger partial charge in [-0.05, 0) is 38.1 Å². The molecule has 7 unspecified atom stereocenters. The van der Waals surface area contributed by atoms with Gasteiger partial charge in [-0.25, -0.2) is 9.97 Å². The highest BCUT2D eigenvalue weighted by Gasteiger charge is 2.34. The van der Waals surface area contributed by atoms with Gasteiger partial charge in [-0.15, -0.1) is 0 Å². The van der Waals surface area contributed by atoms with E-state index in [4.69, 9.17) is 16.6 Å². The Hall–Kier alpha value is -6.92. The van der Waals surface area contributed by atoms with Crippen LogP contribution in [0.1, 0.15) is 70.2 Å². The van der Waals surface area contributed by atoms with E-state index in [2.05, 4.69) is 62.5 Å². The summed E-state index contributed by atoms with van der Waals surface area (Å²) >= 11 is 0. The number of aliphatic carboxylic acids is 1. The number of nitrogens with zero attached hydrogens (tertiary/aromatic N) is 2. The molecule has 1 fully saturated rings. The molecule has 2 aromatic heterocycles. The third-order valence-electron chi connectivity index (χ3n) is 9.87. The Bertz CT molecular complexity index is 1870. The van der Waals surface area contributed by atoms with Gasteiger partial charge in [0.05, 0.1) is 25.2 Å². The van der Waals surface area contributed by atoms with Crippen molar-refractivity contribution in [3.8, 4) is 0 Å². The fraction of sp³-hybridized carbons (Fsp3) is 0.568. The van der Waals surface area contributed by atoms with Crippen molar-refractivity contribution in [2.45, 2.75) is 108 Å². The number of carboxylic acid groups (broad SMARTS) is 1. The number of carbonyl (C=O) groups excluding carboxylic acids is 9. The van der Waals surface area contributed by atoms with Crippen molar-refractivity contribution in [2.75, 3.05) is 19.6 Å². The van der Waals surface area contributed by atoms with Gasteiger partial charge in [-0.1, -0.05) is 20.3 Å². The average Bonchev–Trinajstić information content (AvgIpc) is 4.06. The molecule has 0 radical (unpaired) electrons. The van der Waals surface area contributed by atoms with E-state index < -0.39 is 121 Å². The maximum atomic E-state index is 13.7. The van der Waals surface area contributed by atoms with Gasteiger partial charge in [0.1, 0.15) is 36.8 Å². The monoisotopic (exact) mass is 872 g/mol. The molecule has 25 heteroatoms. The quantitative estimate of drug-likeness (QED) is 0.0400. The lowest BCUT2D eigenvalue weighted by molar-refractivity contribution is -0.139. The van der Waals surface area contributed by atoms with E-state index in [0.29, 0.717) is 30.8 Å². The summed E-state index contributed by atoms with van der Waals surface area (Å²) in [4.78, 5) is 142. The smallest absolute Gasteiger partial charge is 0.322 e. The zero-order chi connectivity index (χ0) is 45.8. The summed E-state index contributed by atoms with van der Waals surface area (Å²) in [5.41, 5.74) is 11.5. The van der Waals surface area contributed by atoms with Crippen LogP contribution in [0.3, 0.4) is 0 Å². The largest absolute Gasteiger partial charge is 0.480 e. The molecule has 9 amide bonds. The van der Waals surface area contributed by atoms with E-state index in [0.717, 1.165) is 6.42 Å². The van der Waals surface area contributed by atoms with Crippen molar-refractivity contribution in [1.29, 1.82) is 0 Å². The highest BCUT2D eigenvalue weighted by Crippen LogP contribution is 2.11. The molecule has 1 saturated heterocycles. The number of hydrogen-bond acceptors (Lipinski definition) is 13. The average molecular weight is 873 g/mol. The molecule has 1 aliphatic rings. The zero-order valence-corrected chi connectivity index (χ0v) is 34.4. The molecule has 25 nitrogen and oxygen atoms in total. The van der Waals surface area contributed by atoms with Crippen LogP contribution < -0.4 is 54.0 Å². The number of carboxylic acids is 1. The lowest BCUT2D eigenvalue weighted by Gasteiger charge is -2.27. The van der Waals surface area contributed by atoms with Gasteiger partial charge in [0.15, 0.2) is 0 Å². The molecule has 3 rings (SSSR count). The summed E-state index contributed by atoms with van der Waals surface area (Å²) in [7, 11) is 0. The van der Waals surface area contributed by atoms with Crippen LogP contribution >= 0.6 is 0 Å². The van der Waals surface area contributed by atoms with Gasteiger partial charge in [-0.2, -0.15) is 0 Å². The summed E-state index contributed by atoms with van der Waals surface area (Å²) in [6.45, 7) is 2.55. The number of nitrogens with one attached hydrogen (secondary N) is 10. The first-order valence-corrected chi connectivity index (χ1v) is 20.0. The number of rotatable bonds is 27. The number of imidazole rings is 2. The molecule has 0 bridgehead atoms. The van der Waals surface area contributed by atoms with E-state index in [1.165, 1.54) is 25.0 Å². The predicted octanol–water partition coefficient (Wildman–Crippen LogP) is -5.01. The Morgan fingerprint density at radius 2 is 1.23 bits per heavy atom. The summed E-state index contributed by atoms with van der Waals surface area (Å²) in [6, 6.07) is -7.24. The first kappa shape index (κ1) is 49.4. The minimum Gasteiger partial charge on any atom is -0.480 e. The first-order chi connectivity index (χ1) is 29.5. The molecule has 0 spiro atoms. The Labute approximate surface area is 355 Å². The van der Waals surface area contributed by atoms with E-state index >= 15 is 0 Å². The van der Waals surface area contributed by atoms with Crippen molar-refractivity contribution in [3.63, 3.8) is 0 Å². The zero-order valence-electron chi connectivity index (χ0n) is 34.4. The minimum atomic E-state index is -1.50. The number of primary amides is 2. The SMILES string of the molecule is CCC(C)C(NC(=O)C(Cc1cnc[nH]1)NC(=O)C(CCC(N)=O)NC(=O)CNC(=O)C(CCC(N)=O)NC(=O)C(Cc1cnc[nH]1)NC(=O)C1CCCN1)C(=O)NCC(=O)O. The van der Waals surface area contributed by atoms with Crippen molar-refractivity contribution in [3.05, 3.63) is 36.4 Å². The fourth-order valence-electron chi connectivity index (χ4n) is 6.25. The van der Waals surface area contributed by atoms with Gasteiger partial charge in [0.25, 0.3) is 0 Å². The van der Waals surface area contributed by atoms with Crippen molar-refractivity contribution in [2.24, 2.45) is 17.4 Å². The second-order valence-corrected chi connectivity index (χ2v) is 14.7. The van der Waals surface area contributed by atoms with E-state index in [1.807, 2.05) is 0 Å². The summed E-state index contributed by atoms with van der Waals surface area (Å²) in [5.74, 6) is -9.05. The van der Waals surface area contributed by atoms with Crippen LogP contribution in [0.25, 0.3) is 0 Å². The Morgan fingerprint density at radius 1 is 0.710 bits per heavy atom. The second kappa shape index (κ2) is 25.0. The van der Waals surface area contributed by atoms with Crippen LogP contribution in [0.2, 0.25) is 0 Å². The molecule has 3 heterocycles. The van der Waals surface area contributed by atoms with Crippen LogP contribution in [0.5, 0.6) is 0 Å². The van der Waals surface area contributed by atoms with Gasteiger partial charge < -0.3 is 69.1 Å². The third kappa shape index (κ3) is 17.0. The first-order valence-electron chi connectivity index (χ1n) is 20.0. The number of aromatic amines is 2. The van der Waals surface area contributed by atoms with Crippen molar-refractivity contribution in [1.82, 2.24) is 62.5 Å². The van der Waals surface area contributed by atoms with Crippen molar-refractivity contribution < 1.29 is 53.1 Å². The molecule has 7 atom stereocenters. The number of hydrogen-bond donors (Lipinski definition) is 13. The number of amides is 9. The van der Waals surface area contributed by atoms with Crippen LogP contribution in [0.15, 0.2) is 25.0 Å². The van der Waals surface area contributed by atoms with E-state index in [-0.39, 0.29) is 32.1 Å². The normalized spacial score (nSPS) is 16.2. The van der Waals surface area contributed by atoms with Gasteiger partial charge in [-0.3, -0.25) is 47.9 Å². The Morgan fingerprint density at radius 3 is 1.73 bits per heavy atom. The second-order valence-electron chi connectivity index (χ2n) is 14.7. The van der Waals surface area contributed by atoms with Crippen LogP contribution in [-0.4, -0.2) is 140 Å². The standard InChI is InChI=1S/C37H56N14O11/c1-3-19(2)31(37(62)44-16-30(55)56)51-36(61)26(12-21-14-41-18-46-21)50-34(59)24(7-9-28(39)53)47-29(54)15-43-32(57)23(6-8-27(38)52)48-35(60)25(11-20-13-40-17-45-20)49-33(58)22-5-4-10-42-22/h13-14,17-19,22-26,31,42H,3-12,15-16H2,1-2H3,(H2,38,52)(H2,39,53)(H,40,45)(H,41,46)(H,43,57)(H,44,62)(H,47,54)(H,48,60)(H,49,58)(H,50,59)(H,51,61)(H,55,56). The summed E-state index contributed by atoms with van der Waals surface area (Å²) < 4.78 is 0. The Balaban J connectivity index is 1.74. The van der Waals surface area contributed by atoms with Gasteiger partial charge in [0.2, 0.25) is 53.2 Å². The predicted molar refractivity (Wildman–Crippen MR) is 215 cm³/mol. The highest BCUT2D eigenvalue weighted by molar-refractivity contribution is 5.97. The number of nitrogens with two attached hydrogens (primary N) is 2. The lowest BCUT2D eigenvalue weighted by atomic mass is 9.97. The number of aromatic nitrogens is 4. The van der Waals surface area contributed by atoms with E-state index in [1.54, 1.807) is 13.8 Å². The van der Waals surface area contributed by atoms with Gasteiger partial charge >= 0.3 is 5.97 Å². The maximum Gasteiger partial charge on any atom is 0.322 e. The third-order valence-corrected chi connectivity index (χ3v) is 9.87. The molecule has 62 heavy (non-hydrogen) atoms. The molecule has 15 N–H and O–H groups in total. The van der Waals surface area contributed by atoms with Crippen LogP contribution in [-0.2, 0) is 60.8 Å².